The van der Waals surface area contributed by atoms with Gasteiger partial charge in [-0.25, -0.2) is 10.2 Å². The zero-order chi connectivity index (χ0) is 10.8. The maximum Gasteiger partial charge on any atom is 0.332 e. The summed E-state index contributed by atoms with van der Waals surface area (Å²) in [6.45, 7) is 2.29. The van der Waals surface area contributed by atoms with Crippen LogP contribution >= 0.6 is 0 Å². The van der Waals surface area contributed by atoms with Crippen LogP contribution in [-0.2, 0) is 0 Å². The van der Waals surface area contributed by atoms with Crippen LogP contribution < -0.4 is 11.2 Å². The molecule has 3 atom stereocenters. The molecular formula is C11H19N3O. The number of hydrogen-bond acceptors (Lipinski definition) is 2. The van der Waals surface area contributed by atoms with E-state index in [1.54, 1.807) is 0 Å². The van der Waals surface area contributed by atoms with Gasteiger partial charge in [0.05, 0.1) is 0 Å². The van der Waals surface area contributed by atoms with E-state index in [9.17, 15) is 4.79 Å². The molecule has 84 valence electrons. The summed E-state index contributed by atoms with van der Waals surface area (Å²) in [6.07, 6.45) is 6.16. The van der Waals surface area contributed by atoms with Crippen LogP contribution in [0.2, 0.25) is 0 Å². The lowest BCUT2D eigenvalue weighted by Gasteiger charge is -2.29. The van der Waals surface area contributed by atoms with Crippen molar-refractivity contribution in [3.05, 3.63) is 0 Å². The first-order chi connectivity index (χ1) is 7.18. The Kier molecular flexibility index (Phi) is 2.93. The van der Waals surface area contributed by atoms with Crippen molar-refractivity contribution < 1.29 is 4.79 Å². The van der Waals surface area contributed by atoms with E-state index in [-0.39, 0.29) is 0 Å². The first-order valence-corrected chi connectivity index (χ1v) is 5.80. The lowest BCUT2D eigenvalue weighted by Crippen LogP contribution is -2.32. The van der Waals surface area contributed by atoms with Gasteiger partial charge in [0.15, 0.2) is 0 Å². The number of rotatable bonds is 1. The largest absolute Gasteiger partial charge is 0.350 e. The summed E-state index contributed by atoms with van der Waals surface area (Å²) >= 11 is 0. The molecule has 0 aliphatic heterocycles. The van der Waals surface area contributed by atoms with Crippen LogP contribution in [0.15, 0.2) is 5.10 Å². The standard InChI is InChI=1S/C11H19N3O/c1-7-5-6-8-3-2-4-9(10(7)8)13-14-11(12)15/h7-8,10H,2-6H2,1H3,(H3,12,14,15). The highest BCUT2D eigenvalue weighted by molar-refractivity contribution is 5.89. The number of carbonyl (C=O) groups is 1. The van der Waals surface area contributed by atoms with Gasteiger partial charge < -0.3 is 5.73 Å². The fourth-order valence-corrected chi connectivity index (χ4v) is 3.19. The summed E-state index contributed by atoms with van der Waals surface area (Å²) in [4.78, 5) is 10.6. The van der Waals surface area contributed by atoms with E-state index in [4.69, 9.17) is 5.73 Å². The van der Waals surface area contributed by atoms with Crippen molar-refractivity contribution in [2.75, 3.05) is 0 Å². The summed E-state index contributed by atoms with van der Waals surface area (Å²) in [6, 6.07) is -0.560. The van der Waals surface area contributed by atoms with Crippen molar-refractivity contribution in [2.45, 2.75) is 39.0 Å². The second kappa shape index (κ2) is 4.21. The Morgan fingerprint density at radius 2 is 2.27 bits per heavy atom. The second-order valence-electron chi connectivity index (χ2n) is 4.81. The summed E-state index contributed by atoms with van der Waals surface area (Å²) in [5.74, 6) is 2.09. The number of carbonyl (C=O) groups excluding carboxylic acids is 1. The van der Waals surface area contributed by atoms with Crippen molar-refractivity contribution in [1.29, 1.82) is 0 Å². The lowest BCUT2D eigenvalue weighted by molar-refractivity contribution is 0.249. The molecule has 0 saturated heterocycles. The molecule has 2 saturated carbocycles. The van der Waals surface area contributed by atoms with Crippen LogP contribution in [0.3, 0.4) is 0 Å². The topological polar surface area (TPSA) is 67.5 Å². The molecule has 2 fully saturated rings. The van der Waals surface area contributed by atoms with Crippen LogP contribution in [0.5, 0.6) is 0 Å². The summed E-state index contributed by atoms with van der Waals surface area (Å²) < 4.78 is 0. The molecule has 15 heavy (non-hydrogen) atoms. The van der Waals surface area contributed by atoms with Crippen molar-refractivity contribution >= 4 is 11.7 Å². The van der Waals surface area contributed by atoms with E-state index in [1.807, 2.05) is 0 Å². The molecule has 4 heteroatoms. The van der Waals surface area contributed by atoms with E-state index >= 15 is 0 Å². The van der Waals surface area contributed by atoms with Crippen molar-refractivity contribution in [3.63, 3.8) is 0 Å². The van der Waals surface area contributed by atoms with Crippen LogP contribution in [0.25, 0.3) is 0 Å². The summed E-state index contributed by atoms with van der Waals surface area (Å²) in [7, 11) is 0. The highest BCUT2D eigenvalue weighted by Crippen LogP contribution is 2.44. The van der Waals surface area contributed by atoms with Gasteiger partial charge in [-0.2, -0.15) is 5.10 Å². The summed E-state index contributed by atoms with van der Waals surface area (Å²) in [5, 5.41) is 4.17. The number of amides is 2. The van der Waals surface area contributed by atoms with Gasteiger partial charge in [0.2, 0.25) is 0 Å². The molecule has 3 N–H and O–H groups in total. The number of nitrogens with zero attached hydrogens (tertiary/aromatic N) is 1. The second-order valence-corrected chi connectivity index (χ2v) is 4.81. The van der Waals surface area contributed by atoms with Gasteiger partial charge in [0.1, 0.15) is 0 Å². The number of hydrogen-bond donors (Lipinski definition) is 2. The maximum absolute atomic E-state index is 10.6. The Hall–Kier alpha value is -1.06. The minimum absolute atomic E-state index is 0.560. The average molecular weight is 209 g/mol. The molecule has 0 aromatic rings. The minimum Gasteiger partial charge on any atom is -0.350 e. The van der Waals surface area contributed by atoms with Crippen LogP contribution in [0, 0.1) is 17.8 Å². The number of fused-ring (bicyclic) bond motifs is 1. The van der Waals surface area contributed by atoms with Gasteiger partial charge >= 0.3 is 6.03 Å². The van der Waals surface area contributed by atoms with Gasteiger partial charge in [-0.15, -0.1) is 0 Å². The Bertz CT molecular complexity index is 286. The van der Waals surface area contributed by atoms with Crippen molar-refractivity contribution in [2.24, 2.45) is 28.6 Å². The van der Waals surface area contributed by atoms with Crippen molar-refractivity contribution in [3.8, 4) is 0 Å². The smallest absolute Gasteiger partial charge is 0.332 e. The third kappa shape index (κ3) is 2.13. The predicted octanol–water partition coefficient (Wildman–Crippen LogP) is 1.86. The molecule has 0 heterocycles. The molecule has 0 spiro atoms. The third-order valence-corrected chi connectivity index (χ3v) is 3.82. The van der Waals surface area contributed by atoms with E-state index in [2.05, 4.69) is 17.5 Å². The van der Waals surface area contributed by atoms with E-state index < -0.39 is 6.03 Å². The predicted molar refractivity (Wildman–Crippen MR) is 59.4 cm³/mol. The molecule has 3 unspecified atom stereocenters. The Labute approximate surface area is 90.3 Å². The van der Waals surface area contributed by atoms with E-state index in [0.29, 0.717) is 11.8 Å². The molecule has 0 radical (unpaired) electrons. The lowest BCUT2D eigenvalue weighted by atomic mass is 9.77. The van der Waals surface area contributed by atoms with Gasteiger partial charge in [0.25, 0.3) is 0 Å². The minimum atomic E-state index is -0.560. The maximum atomic E-state index is 10.6. The SMILES string of the molecule is CC1CCC2CCCC(=NNC(N)=O)C12. The third-order valence-electron chi connectivity index (χ3n) is 3.82. The highest BCUT2D eigenvalue weighted by Gasteiger charge is 2.38. The molecule has 4 nitrogen and oxygen atoms in total. The zero-order valence-electron chi connectivity index (χ0n) is 9.20. The van der Waals surface area contributed by atoms with Gasteiger partial charge in [-0.1, -0.05) is 6.92 Å². The van der Waals surface area contributed by atoms with E-state index in [0.717, 1.165) is 18.1 Å². The first kappa shape index (κ1) is 10.5. The number of nitrogens with two attached hydrogens (primary N) is 1. The molecular weight excluding hydrogens is 190 g/mol. The Morgan fingerprint density at radius 1 is 1.47 bits per heavy atom. The highest BCUT2D eigenvalue weighted by atomic mass is 16.2. The van der Waals surface area contributed by atoms with Crippen molar-refractivity contribution in [1.82, 2.24) is 5.43 Å². The number of urea groups is 1. The van der Waals surface area contributed by atoms with Crippen LogP contribution in [0.4, 0.5) is 4.79 Å². The van der Waals surface area contributed by atoms with Gasteiger partial charge in [0, 0.05) is 11.6 Å². The normalized spacial score (nSPS) is 37.7. The molecule has 0 aromatic heterocycles. The number of hydrazone groups is 1. The Morgan fingerprint density at radius 3 is 3.00 bits per heavy atom. The summed E-state index contributed by atoms with van der Waals surface area (Å²) in [5.41, 5.74) is 8.56. The quantitative estimate of drug-likeness (QED) is 0.636. The van der Waals surface area contributed by atoms with Gasteiger partial charge in [-0.05, 0) is 43.9 Å². The average Bonchev–Trinajstić information content (AvgIpc) is 2.58. The molecule has 2 rings (SSSR count). The zero-order valence-corrected chi connectivity index (χ0v) is 9.20. The molecule has 0 bridgehead atoms. The Balaban J connectivity index is 2.09. The molecule has 2 aliphatic rings. The van der Waals surface area contributed by atoms with E-state index in [1.165, 1.54) is 25.7 Å². The number of nitrogens with one attached hydrogen (secondary N) is 1. The molecule has 2 aliphatic carbocycles. The fraction of sp³-hybridized carbons (Fsp3) is 0.818. The first-order valence-electron chi connectivity index (χ1n) is 5.80. The molecule has 2 amide bonds. The van der Waals surface area contributed by atoms with Crippen LogP contribution in [-0.4, -0.2) is 11.7 Å². The monoisotopic (exact) mass is 209 g/mol. The van der Waals surface area contributed by atoms with Gasteiger partial charge in [-0.3, -0.25) is 0 Å². The fourth-order valence-electron chi connectivity index (χ4n) is 3.19. The molecule has 0 aromatic carbocycles. The number of primary amides is 1. The van der Waals surface area contributed by atoms with Crippen LogP contribution in [0.1, 0.15) is 39.0 Å².